The lowest BCUT2D eigenvalue weighted by molar-refractivity contribution is -0.137. The molecule has 0 saturated heterocycles. The van der Waals surface area contributed by atoms with Crippen LogP contribution in [0.4, 0.5) is 13.2 Å². The maximum atomic E-state index is 12.9. The molecule has 0 bridgehead atoms. The number of benzene rings is 2. The Morgan fingerprint density at radius 3 is 2.65 bits per heavy atom. The van der Waals surface area contributed by atoms with Crippen LogP contribution in [-0.4, -0.2) is 25.8 Å². The second-order valence-corrected chi connectivity index (χ2v) is 7.44. The Morgan fingerprint density at radius 2 is 1.91 bits per heavy atom. The van der Waals surface area contributed by atoms with Gasteiger partial charge >= 0.3 is 6.18 Å². The van der Waals surface area contributed by atoms with Crippen LogP contribution in [0.15, 0.2) is 73.2 Å². The lowest BCUT2D eigenvalue weighted by atomic mass is 10.1. The van der Waals surface area contributed by atoms with Gasteiger partial charge in [-0.3, -0.25) is 14.5 Å². The van der Waals surface area contributed by atoms with E-state index in [1.807, 2.05) is 0 Å². The van der Waals surface area contributed by atoms with Crippen molar-refractivity contribution in [2.75, 3.05) is 0 Å². The SMILES string of the molecule is Cn1cc(-c2cc(Oc3ccc(O)c(C(=O)NCc4cccc(C(F)(F)F)c4)c3)ccn2)cn1. The van der Waals surface area contributed by atoms with E-state index in [9.17, 15) is 23.1 Å². The number of phenols is 1. The minimum atomic E-state index is -4.48. The van der Waals surface area contributed by atoms with E-state index in [2.05, 4.69) is 15.4 Å². The number of hydrogen-bond donors (Lipinski definition) is 2. The Hall–Kier alpha value is -4.34. The highest BCUT2D eigenvalue weighted by molar-refractivity contribution is 5.97. The van der Waals surface area contributed by atoms with Crippen molar-refractivity contribution >= 4 is 5.91 Å². The van der Waals surface area contributed by atoms with E-state index < -0.39 is 17.6 Å². The van der Waals surface area contributed by atoms with Crippen molar-refractivity contribution < 1.29 is 27.8 Å². The first-order valence-electron chi connectivity index (χ1n) is 10.1. The van der Waals surface area contributed by atoms with Crippen LogP contribution in [0.2, 0.25) is 0 Å². The van der Waals surface area contributed by atoms with Gasteiger partial charge in [0, 0.05) is 37.6 Å². The summed E-state index contributed by atoms with van der Waals surface area (Å²) in [5.41, 5.74) is 0.832. The predicted octanol–water partition coefficient (Wildman–Crippen LogP) is 4.93. The summed E-state index contributed by atoms with van der Waals surface area (Å²) in [5, 5.41) is 16.8. The smallest absolute Gasteiger partial charge is 0.416 e. The monoisotopic (exact) mass is 468 g/mol. The average Bonchev–Trinajstić information content (AvgIpc) is 3.25. The fourth-order valence-electron chi connectivity index (χ4n) is 3.22. The summed E-state index contributed by atoms with van der Waals surface area (Å²) in [6.45, 7) is -0.147. The summed E-state index contributed by atoms with van der Waals surface area (Å²) in [6, 6.07) is 12.1. The molecule has 0 aliphatic heterocycles. The highest BCUT2D eigenvalue weighted by atomic mass is 19.4. The number of rotatable bonds is 6. The maximum absolute atomic E-state index is 12.9. The van der Waals surface area contributed by atoms with Crippen LogP contribution < -0.4 is 10.1 Å². The number of ether oxygens (including phenoxy) is 1. The summed E-state index contributed by atoms with van der Waals surface area (Å²) < 4.78 is 46.1. The van der Waals surface area contributed by atoms with Crippen molar-refractivity contribution in [1.82, 2.24) is 20.1 Å². The molecule has 0 spiro atoms. The van der Waals surface area contributed by atoms with Crippen LogP contribution in [0.1, 0.15) is 21.5 Å². The van der Waals surface area contributed by atoms with Gasteiger partial charge in [-0.05, 0) is 42.0 Å². The number of pyridine rings is 1. The Bertz CT molecular complexity index is 1340. The highest BCUT2D eigenvalue weighted by Gasteiger charge is 2.30. The van der Waals surface area contributed by atoms with Crippen LogP contribution in [0, 0.1) is 0 Å². The molecule has 0 unspecified atom stereocenters. The molecule has 0 saturated carbocycles. The molecule has 0 fully saturated rings. The summed E-state index contributed by atoms with van der Waals surface area (Å²) >= 11 is 0. The second kappa shape index (κ2) is 9.26. The summed E-state index contributed by atoms with van der Waals surface area (Å²) in [6.07, 6.45) is 0.563. The number of nitrogens with zero attached hydrogens (tertiary/aromatic N) is 3. The standard InChI is InChI=1S/C24H19F3N4O3/c1-31-14-16(13-30-31)21-11-19(7-8-28-21)34-18-5-6-22(32)20(10-18)23(33)29-12-15-3-2-4-17(9-15)24(25,26)27/h2-11,13-14,32H,12H2,1H3,(H,29,33). The van der Waals surface area contributed by atoms with Crippen LogP contribution >= 0.6 is 0 Å². The summed E-state index contributed by atoms with van der Waals surface area (Å²) in [4.78, 5) is 16.9. The highest BCUT2D eigenvalue weighted by Crippen LogP contribution is 2.30. The lowest BCUT2D eigenvalue weighted by Gasteiger charge is -2.12. The largest absolute Gasteiger partial charge is 0.507 e. The third-order valence-electron chi connectivity index (χ3n) is 4.89. The zero-order valence-electron chi connectivity index (χ0n) is 17.9. The van der Waals surface area contributed by atoms with E-state index in [-0.39, 0.29) is 29.2 Å². The molecule has 2 N–H and O–H groups in total. The molecule has 10 heteroatoms. The third kappa shape index (κ3) is 5.34. The minimum Gasteiger partial charge on any atom is -0.507 e. The number of hydrogen-bond acceptors (Lipinski definition) is 5. The van der Waals surface area contributed by atoms with Crippen LogP contribution in [-0.2, 0) is 19.8 Å². The lowest BCUT2D eigenvalue weighted by Crippen LogP contribution is -2.23. The maximum Gasteiger partial charge on any atom is 0.416 e. The molecule has 2 aromatic heterocycles. The summed E-state index contributed by atoms with van der Waals surface area (Å²) in [5.74, 6) is -0.217. The number of alkyl halides is 3. The normalized spacial score (nSPS) is 11.3. The Balaban J connectivity index is 1.48. The quantitative estimate of drug-likeness (QED) is 0.419. The van der Waals surface area contributed by atoms with E-state index in [1.165, 1.54) is 30.3 Å². The minimum absolute atomic E-state index is 0.0778. The molecule has 4 rings (SSSR count). The van der Waals surface area contributed by atoms with Gasteiger partial charge in [-0.25, -0.2) is 0 Å². The molecule has 1 amide bonds. The van der Waals surface area contributed by atoms with Crippen molar-refractivity contribution in [3.05, 3.63) is 89.9 Å². The summed E-state index contributed by atoms with van der Waals surface area (Å²) in [7, 11) is 1.79. The van der Waals surface area contributed by atoms with Crippen molar-refractivity contribution in [3.63, 3.8) is 0 Å². The van der Waals surface area contributed by atoms with E-state index >= 15 is 0 Å². The zero-order valence-corrected chi connectivity index (χ0v) is 17.9. The Labute approximate surface area is 192 Å². The molecular formula is C24H19F3N4O3. The Morgan fingerprint density at radius 1 is 1.12 bits per heavy atom. The van der Waals surface area contributed by atoms with E-state index in [0.29, 0.717) is 11.4 Å². The van der Waals surface area contributed by atoms with Gasteiger partial charge in [0.1, 0.15) is 17.2 Å². The van der Waals surface area contributed by atoms with Gasteiger partial charge in [-0.1, -0.05) is 12.1 Å². The molecule has 0 aliphatic rings. The van der Waals surface area contributed by atoms with Gasteiger partial charge in [0.05, 0.1) is 23.0 Å². The van der Waals surface area contributed by atoms with Crippen molar-refractivity contribution in [2.24, 2.45) is 7.05 Å². The van der Waals surface area contributed by atoms with E-state index in [1.54, 1.807) is 42.5 Å². The zero-order chi connectivity index (χ0) is 24.3. The predicted molar refractivity (Wildman–Crippen MR) is 117 cm³/mol. The number of aryl methyl sites for hydroxylation is 1. The fraction of sp³-hybridized carbons (Fsp3) is 0.125. The molecular weight excluding hydrogens is 449 g/mol. The van der Waals surface area contributed by atoms with Gasteiger partial charge in [0.2, 0.25) is 0 Å². The van der Waals surface area contributed by atoms with Gasteiger partial charge in [0.25, 0.3) is 5.91 Å². The molecule has 0 atom stereocenters. The van der Waals surface area contributed by atoms with Crippen molar-refractivity contribution in [2.45, 2.75) is 12.7 Å². The number of carbonyl (C=O) groups excluding carboxylic acids is 1. The first-order valence-corrected chi connectivity index (χ1v) is 10.1. The first kappa shape index (κ1) is 22.8. The average molecular weight is 468 g/mol. The van der Waals surface area contributed by atoms with Crippen LogP contribution in [0.3, 0.4) is 0 Å². The molecule has 7 nitrogen and oxygen atoms in total. The number of aromatic nitrogens is 3. The van der Waals surface area contributed by atoms with Gasteiger partial charge in [-0.15, -0.1) is 0 Å². The molecule has 174 valence electrons. The van der Waals surface area contributed by atoms with E-state index in [4.69, 9.17) is 4.74 Å². The molecule has 34 heavy (non-hydrogen) atoms. The van der Waals surface area contributed by atoms with Gasteiger partial charge < -0.3 is 15.2 Å². The van der Waals surface area contributed by atoms with Gasteiger partial charge in [0.15, 0.2) is 0 Å². The number of amides is 1. The number of aromatic hydroxyl groups is 1. The third-order valence-corrected chi connectivity index (χ3v) is 4.89. The first-order chi connectivity index (χ1) is 16.2. The number of halogens is 3. The molecule has 2 heterocycles. The Kier molecular flexibility index (Phi) is 6.22. The number of carbonyl (C=O) groups is 1. The molecule has 0 aliphatic carbocycles. The van der Waals surface area contributed by atoms with E-state index in [0.717, 1.165) is 17.7 Å². The molecule has 2 aromatic carbocycles. The van der Waals surface area contributed by atoms with Crippen molar-refractivity contribution in [3.8, 4) is 28.5 Å². The van der Waals surface area contributed by atoms with Crippen molar-refractivity contribution in [1.29, 1.82) is 0 Å². The number of nitrogens with one attached hydrogen (secondary N) is 1. The number of phenolic OH excluding ortho intramolecular Hbond substituents is 1. The topological polar surface area (TPSA) is 89.3 Å². The molecule has 4 aromatic rings. The van der Waals surface area contributed by atoms with Crippen LogP contribution in [0.25, 0.3) is 11.3 Å². The second-order valence-electron chi connectivity index (χ2n) is 7.44. The van der Waals surface area contributed by atoms with Gasteiger partial charge in [-0.2, -0.15) is 18.3 Å². The van der Waals surface area contributed by atoms with Crippen LogP contribution in [0.5, 0.6) is 17.2 Å². The fourth-order valence-corrected chi connectivity index (χ4v) is 3.22. The molecule has 0 radical (unpaired) electrons.